The van der Waals surface area contributed by atoms with E-state index in [1.54, 1.807) is 6.92 Å². The Labute approximate surface area is 124 Å². The zero-order valence-corrected chi connectivity index (χ0v) is 12.8. The first-order valence-electron chi connectivity index (χ1n) is 6.46. The van der Waals surface area contributed by atoms with Crippen LogP contribution in [-0.2, 0) is 33.3 Å². The van der Waals surface area contributed by atoms with Gasteiger partial charge in [-0.1, -0.05) is 6.92 Å². The molecule has 0 bridgehead atoms. The number of esters is 2. The van der Waals surface area contributed by atoms with Crippen LogP contribution in [0.25, 0.3) is 0 Å². The molecule has 1 amide bonds. The van der Waals surface area contributed by atoms with Crippen molar-refractivity contribution in [1.82, 2.24) is 5.32 Å². The summed E-state index contributed by atoms with van der Waals surface area (Å²) in [6.07, 6.45) is -0.0128. The molecule has 0 heterocycles. The lowest BCUT2D eigenvalue weighted by Crippen LogP contribution is -2.47. The van der Waals surface area contributed by atoms with Gasteiger partial charge in [0.15, 0.2) is 0 Å². The van der Waals surface area contributed by atoms with Gasteiger partial charge in [0.2, 0.25) is 5.91 Å². The topological polar surface area (TPSA) is 100 Å². The van der Waals surface area contributed by atoms with Crippen molar-refractivity contribution in [3.05, 3.63) is 0 Å². The fraction of sp³-hybridized carbons (Fsp3) is 0.769. The Morgan fingerprint density at radius 3 is 2.24 bits per heavy atom. The molecule has 1 N–H and O–H groups in total. The van der Waals surface area contributed by atoms with Crippen LogP contribution in [0.5, 0.6) is 0 Å². The Kier molecular flexibility index (Phi) is 10.2. The van der Waals surface area contributed by atoms with Crippen LogP contribution in [0.15, 0.2) is 0 Å². The second kappa shape index (κ2) is 11.0. The van der Waals surface area contributed by atoms with Crippen molar-refractivity contribution < 1.29 is 33.3 Å². The maximum absolute atomic E-state index is 11.7. The minimum absolute atomic E-state index is 0.0128. The molecule has 0 saturated heterocycles. The third kappa shape index (κ3) is 8.26. The number of carbonyl (C=O) groups excluding carboxylic acids is 3. The molecule has 0 aromatic heterocycles. The van der Waals surface area contributed by atoms with Crippen LogP contribution in [0.2, 0.25) is 0 Å². The molecule has 21 heavy (non-hydrogen) atoms. The van der Waals surface area contributed by atoms with Gasteiger partial charge in [0.05, 0.1) is 33.9 Å². The van der Waals surface area contributed by atoms with Gasteiger partial charge < -0.3 is 24.3 Å². The van der Waals surface area contributed by atoms with Gasteiger partial charge in [-0.25, -0.2) is 4.79 Å². The van der Waals surface area contributed by atoms with Crippen LogP contribution in [-0.4, -0.2) is 65.0 Å². The quantitative estimate of drug-likeness (QED) is 0.429. The number of rotatable bonds is 10. The molecule has 2 atom stereocenters. The van der Waals surface area contributed by atoms with E-state index in [1.807, 2.05) is 0 Å². The van der Waals surface area contributed by atoms with Crippen molar-refractivity contribution in [2.75, 3.05) is 41.2 Å². The van der Waals surface area contributed by atoms with Gasteiger partial charge in [-0.3, -0.25) is 9.59 Å². The first-order valence-corrected chi connectivity index (χ1v) is 6.46. The van der Waals surface area contributed by atoms with Gasteiger partial charge >= 0.3 is 11.9 Å². The van der Waals surface area contributed by atoms with Gasteiger partial charge in [0.25, 0.3) is 0 Å². The molecule has 0 aromatic rings. The molecule has 0 aliphatic carbocycles. The molecule has 0 radical (unpaired) electrons. The lowest BCUT2D eigenvalue weighted by atomic mass is 9.98. The number of methoxy groups -OCH3 is 3. The molecule has 0 rings (SSSR count). The van der Waals surface area contributed by atoms with Gasteiger partial charge in [-0.2, -0.15) is 0 Å². The third-order valence-electron chi connectivity index (χ3n) is 2.72. The molecule has 0 spiro atoms. The van der Waals surface area contributed by atoms with Crippen LogP contribution >= 0.6 is 0 Å². The SMILES string of the molecule is COCCOCC(=O)N[C@H](C(=O)OC)[C@H](C)CC(=O)OC. The summed E-state index contributed by atoms with van der Waals surface area (Å²) in [6.45, 7) is 2.07. The largest absolute Gasteiger partial charge is 0.469 e. The van der Waals surface area contributed by atoms with E-state index in [-0.39, 0.29) is 19.6 Å². The number of hydrogen-bond donors (Lipinski definition) is 1. The average Bonchev–Trinajstić information content (AvgIpc) is 2.48. The minimum atomic E-state index is -0.937. The van der Waals surface area contributed by atoms with Crippen LogP contribution in [0.1, 0.15) is 13.3 Å². The van der Waals surface area contributed by atoms with Crippen LogP contribution in [0, 0.1) is 5.92 Å². The summed E-state index contributed by atoms with van der Waals surface area (Å²) in [6, 6.07) is -0.937. The summed E-state index contributed by atoms with van der Waals surface area (Å²) < 4.78 is 19.0. The number of nitrogens with one attached hydrogen (secondary N) is 1. The van der Waals surface area contributed by atoms with Crippen molar-refractivity contribution in [2.24, 2.45) is 5.92 Å². The van der Waals surface area contributed by atoms with Crippen molar-refractivity contribution in [2.45, 2.75) is 19.4 Å². The highest BCUT2D eigenvalue weighted by atomic mass is 16.5. The molecular formula is C13H23NO7. The normalized spacial score (nSPS) is 13.1. The molecule has 122 valence electrons. The van der Waals surface area contributed by atoms with E-state index in [4.69, 9.17) is 9.47 Å². The zero-order valence-electron chi connectivity index (χ0n) is 12.8. The first kappa shape index (κ1) is 19.3. The Hall–Kier alpha value is -1.67. The second-order valence-electron chi connectivity index (χ2n) is 4.37. The molecular weight excluding hydrogens is 282 g/mol. The summed E-state index contributed by atoms with van der Waals surface area (Å²) in [7, 11) is 3.98. The van der Waals surface area contributed by atoms with E-state index < -0.39 is 29.8 Å². The third-order valence-corrected chi connectivity index (χ3v) is 2.72. The highest BCUT2D eigenvalue weighted by Crippen LogP contribution is 2.11. The molecule has 8 heteroatoms. The van der Waals surface area contributed by atoms with Gasteiger partial charge in [-0.05, 0) is 5.92 Å². The van der Waals surface area contributed by atoms with Crippen molar-refractivity contribution in [3.63, 3.8) is 0 Å². The molecule has 0 aromatic carbocycles. The number of ether oxygens (including phenoxy) is 4. The van der Waals surface area contributed by atoms with Crippen molar-refractivity contribution in [1.29, 1.82) is 0 Å². The summed E-state index contributed by atoms with van der Waals surface area (Å²) >= 11 is 0. The molecule has 0 aliphatic rings. The molecule has 0 unspecified atom stereocenters. The fourth-order valence-corrected chi connectivity index (χ4v) is 1.55. The Bertz CT molecular complexity index is 345. The number of carbonyl (C=O) groups is 3. The lowest BCUT2D eigenvalue weighted by molar-refractivity contribution is -0.149. The monoisotopic (exact) mass is 305 g/mol. The summed E-state index contributed by atoms with van der Waals surface area (Å²) in [5.74, 6) is -2.04. The van der Waals surface area contributed by atoms with Crippen LogP contribution < -0.4 is 5.32 Å². The predicted octanol–water partition coefficient (Wildman–Crippen LogP) is -0.494. The standard InChI is InChI=1S/C13H23NO7/c1-9(7-11(16)19-3)12(13(17)20-4)14-10(15)8-21-6-5-18-2/h9,12H,5-8H2,1-4H3,(H,14,15)/t9-,12+/m1/s1. The van der Waals surface area contributed by atoms with E-state index >= 15 is 0 Å². The molecule has 0 saturated carbocycles. The molecule has 0 aliphatic heterocycles. The molecule has 0 fully saturated rings. The highest BCUT2D eigenvalue weighted by Gasteiger charge is 2.29. The summed E-state index contributed by atoms with van der Waals surface area (Å²) in [4.78, 5) is 34.6. The highest BCUT2D eigenvalue weighted by molar-refractivity contribution is 5.85. The Morgan fingerprint density at radius 1 is 1.05 bits per heavy atom. The van der Waals surface area contributed by atoms with Crippen LogP contribution in [0.3, 0.4) is 0 Å². The first-order chi connectivity index (χ1) is 9.96. The summed E-state index contributed by atoms with van der Waals surface area (Å²) in [5, 5.41) is 2.49. The van der Waals surface area contributed by atoms with Crippen LogP contribution in [0.4, 0.5) is 0 Å². The van der Waals surface area contributed by atoms with Gasteiger partial charge in [0.1, 0.15) is 12.6 Å². The fourth-order valence-electron chi connectivity index (χ4n) is 1.55. The van der Waals surface area contributed by atoms with E-state index in [2.05, 4.69) is 14.8 Å². The number of hydrogen-bond acceptors (Lipinski definition) is 7. The average molecular weight is 305 g/mol. The minimum Gasteiger partial charge on any atom is -0.469 e. The molecule has 8 nitrogen and oxygen atoms in total. The van der Waals surface area contributed by atoms with E-state index in [0.29, 0.717) is 6.61 Å². The van der Waals surface area contributed by atoms with E-state index in [9.17, 15) is 14.4 Å². The smallest absolute Gasteiger partial charge is 0.328 e. The maximum Gasteiger partial charge on any atom is 0.328 e. The Morgan fingerprint density at radius 2 is 1.71 bits per heavy atom. The summed E-state index contributed by atoms with van der Waals surface area (Å²) in [5.41, 5.74) is 0. The maximum atomic E-state index is 11.7. The van der Waals surface area contributed by atoms with Gasteiger partial charge in [0, 0.05) is 7.11 Å². The van der Waals surface area contributed by atoms with Crippen molar-refractivity contribution in [3.8, 4) is 0 Å². The number of amides is 1. The lowest BCUT2D eigenvalue weighted by Gasteiger charge is -2.22. The van der Waals surface area contributed by atoms with Gasteiger partial charge in [-0.15, -0.1) is 0 Å². The van der Waals surface area contributed by atoms with Crippen molar-refractivity contribution >= 4 is 17.8 Å². The zero-order chi connectivity index (χ0) is 16.3. The van der Waals surface area contributed by atoms with E-state index in [1.165, 1.54) is 21.3 Å². The van der Waals surface area contributed by atoms with E-state index in [0.717, 1.165) is 0 Å². The predicted molar refractivity (Wildman–Crippen MR) is 72.4 cm³/mol. The Balaban J connectivity index is 4.44. The second-order valence-corrected chi connectivity index (χ2v) is 4.37.